The van der Waals surface area contributed by atoms with Crippen LogP contribution in [0.1, 0.15) is 5.56 Å². The molecule has 0 aliphatic rings. The van der Waals surface area contributed by atoms with Gasteiger partial charge in [-0.1, -0.05) is 46.4 Å². The van der Waals surface area contributed by atoms with E-state index in [-0.39, 0.29) is 21.8 Å². The van der Waals surface area contributed by atoms with Crippen LogP contribution in [0.25, 0.3) is 0 Å². The summed E-state index contributed by atoms with van der Waals surface area (Å²) in [6.45, 7) is 0. The van der Waals surface area contributed by atoms with E-state index < -0.39 is 0 Å². The van der Waals surface area contributed by atoms with E-state index in [1.165, 1.54) is 12.1 Å². The molecule has 22 heavy (non-hydrogen) atoms. The summed E-state index contributed by atoms with van der Waals surface area (Å²) in [4.78, 5) is 8.09. The quantitative estimate of drug-likeness (QED) is 0.591. The zero-order valence-corrected chi connectivity index (χ0v) is 14.0. The predicted octanol–water partition coefficient (Wildman–Crippen LogP) is 4.65. The Morgan fingerprint density at radius 1 is 0.818 bits per heavy atom. The zero-order chi connectivity index (χ0) is 16.3. The molecular formula is C14H10Cl4N4. The Hall–Kier alpha value is -1.46. The maximum atomic E-state index is 6.07. The molecule has 0 radical (unpaired) electrons. The van der Waals surface area contributed by atoms with Gasteiger partial charge in [0.25, 0.3) is 0 Å². The van der Waals surface area contributed by atoms with Crippen LogP contribution in [0.5, 0.6) is 0 Å². The largest absolute Gasteiger partial charge is 0.383 e. The molecule has 0 bridgehead atoms. The maximum Gasteiger partial charge on any atom is 0.222 e. The molecule has 0 unspecified atom stereocenters. The highest BCUT2D eigenvalue weighted by molar-refractivity contribution is 6.42. The van der Waals surface area contributed by atoms with E-state index in [1.54, 1.807) is 24.3 Å². The molecule has 0 fully saturated rings. The topological polar surface area (TPSA) is 76.8 Å². The third kappa shape index (κ3) is 4.27. The Morgan fingerprint density at radius 2 is 1.36 bits per heavy atom. The van der Waals surface area contributed by atoms with Crippen LogP contribution in [0.15, 0.2) is 46.4 Å². The maximum absolute atomic E-state index is 6.07. The van der Waals surface area contributed by atoms with E-state index >= 15 is 0 Å². The summed E-state index contributed by atoms with van der Waals surface area (Å²) >= 11 is 23.8. The number of guanidine groups is 1. The summed E-state index contributed by atoms with van der Waals surface area (Å²) in [5.74, 6) is 0.00351. The highest BCUT2D eigenvalue weighted by Crippen LogP contribution is 2.28. The molecule has 0 spiro atoms. The number of halogens is 4. The van der Waals surface area contributed by atoms with Crippen molar-refractivity contribution in [3.05, 3.63) is 62.1 Å². The fraction of sp³-hybridized carbons (Fsp3) is 0. The van der Waals surface area contributed by atoms with Crippen LogP contribution in [-0.4, -0.2) is 11.8 Å². The minimum absolute atomic E-state index is 0.0399. The molecule has 4 nitrogen and oxygen atoms in total. The number of nitrogens with zero attached hydrogens (tertiary/aromatic N) is 2. The minimum Gasteiger partial charge on any atom is -0.383 e. The van der Waals surface area contributed by atoms with Crippen molar-refractivity contribution >= 4 is 63.9 Å². The van der Waals surface area contributed by atoms with Gasteiger partial charge in [-0.15, -0.1) is 0 Å². The smallest absolute Gasteiger partial charge is 0.222 e. The van der Waals surface area contributed by atoms with Crippen LogP contribution in [0.3, 0.4) is 0 Å². The van der Waals surface area contributed by atoms with E-state index in [1.807, 2.05) is 0 Å². The lowest BCUT2D eigenvalue weighted by molar-refractivity contribution is 1.40. The second-order valence-corrected chi connectivity index (χ2v) is 5.88. The summed E-state index contributed by atoms with van der Waals surface area (Å²) in [7, 11) is 0. The van der Waals surface area contributed by atoms with Gasteiger partial charge in [0.05, 0.1) is 21.3 Å². The van der Waals surface area contributed by atoms with Gasteiger partial charge in [-0.3, -0.25) is 0 Å². The van der Waals surface area contributed by atoms with Crippen LogP contribution in [0, 0.1) is 0 Å². The number of amidine groups is 1. The molecule has 0 atom stereocenters. The molecule has 0 aromatic heterocycles. The molecule has 2 rings (SSSR count). The fourth-order valence-corrected chi connectivity index (χ4v) is 2.78. The van der Waals surface area contributed by atoms with Crippen LogP contribution in [0.2, 0.25) is 20.1 Å². The summed E-state index contributed by atoms with van der Waals surface area (Å²) < 4.78 is 0. The third-order valence-corrected chi connectivity index (χ3v) is 3.63. The fourth-order valence-electron chi connectivity index (χ4n) is 1.64. The molecule has 0 aliphatic heterocycles. The van der Waals surface area contributed by atoms with Crippen LogP contribution in [-0.2, 0) is 0 Å². The van der Waals surface area contributed by atoms with E-state index in [0.29, 0.717) is 21.3 Å². The molecule has 0 heterocycles. The third-order valence-electron chi connectivity index (χ3n) is 2.57. The van der Waals surface area contributed by atoms with E-state index in [9.17, 15) is 0 Å². The number of hydrogen-bond acceptors (Lipinski definition) is 1. The molecule has 2 aromatic rings. The zero-order valence-electron chi connectivity index (χ0n) is 11.0. The lowest BCUT2D eigenvalue weighted by Gasteiger charge is -2.07. The van der Waals surface area contributed by atoms with E-state index in [4.69, 9.17) is 57.9 Å². The first-order valence-electron chi connectivity index (χ1n) is 5.95. The van der Waals surface area contributed by atoms with Crippen molar-refractivity contribution in [1.29, 1.82) is 0 Å². The standard InChI is InChI=1S/C14H10Cl4N4/c15-7-1-3-9(4-2-7)21-14(20)22-13(19)12-10(17)5-8(16)6-11(12)18/h1-6H,(H4,19,20,21,22). The van der Waals surface area contributed by atoms with E-state index in [0.717, 1.165) is 0 Å². The van der Waals surface area contributed by atoms with Gasteiger partial charge in [-0.25, -0.2) is 4.99 Å². The monoisotopic (exact) mass is 374 g/mol. The van der Waals surface area contributed by atoms with Crippen LogP contribution < -0.4 is 11.5 Å². The molecule has 0 saturated carbocycles. The molecule has 8 heteroatoms. The molecule has 2 aromatic carbocycles. The Kier molecular flexibility index (Phi) is 5.53. The Labute approximate surface area is 147 Å². The molecule has 114 valence electrons. The van der Waals surface area contributed by atoms with Crippen molar-refractivity contribution in [3.8, 4) is 0 Å². The summed E-state index contributed by atoms with van der Waals surface area (Å²) in [5, 5.41) is 1.55. The van der Waals surface area contributed by atoms with Gasteiger partial charge in [0.15, 0.2) is 0 Å². The Balaban J connectivity index is 2.34. The Morgan fingerprint density at radius 3 is 1.91 bits per heavy atom. The average Bonchev–Trinajstić information content (AvgIpc) is 2.40. The van der Waals surface area contributed by atoms with Crippen molar-refractivity contribution in [1.82, 2.24) is 0 Å². The summed E-state index contributed by atoms with van der Waals surface area (Å²) in [5.41, 5.74) is 12.6. The van der Waals surface area contributed by atoms with Crippen molar-refractivity contribution in [2.24, 2.45) is 21.5 Å². The lowest BCUT2D eigenvalue weighted by atomic mass is 10.2. The first-order valence-corrected chi connectivity index (χ1v) is 7.47. The van der Waals surface area contributed by atoms with Gasteiger partial charge in [0, 0.05) is 10.0 Å². The number of benzene rings is 2. The van der Waals surface area contributed by atoms with Gasteiger partial charge in [0.2, 0.25) is 5.96 Å². The highest BCUT2D eigenvalue weighted by Gasteiger charge is 2.12. The minimum atomic E-state index is -0.0399. The number of nitrogens with two attached hydrogens (primary N) is 2. The first-order chi connectivity index (χ1) is 10.4. The summed E-state index contributed by atoms with van der Waals surface area (Å²) in [6, 6.07) is 9.80. The number of aliphatic imine (C=N–C) groups is 2. The molecule has 0 aliphatic carbocycles. The lowest BCUT2D eigenvalue weighted by Crippen LogP contribution is -2.20. The number of rotatable bonds is 2. The van der Waals surface area contributed by atoms with Gasteiger partial charge >= 0.3 is 0 Å². The molecule has 0 amide bonds. The second kappa shape index (κ2) is 7.20. The predicted molar refractivity (Wildman–Crippen MR) is 94.9 cm³/mol. The first kappa shape index (κ1) is 16.9. The van der Waals surface area contributed by atoms with Crippen LogP contribution in [0.4, 0.5) is 5.69 Å². The summed E-state index contributed by atoms with van der Waals surface area (Å²) in [6.07, 6.45) is 0. The van der Waals surface area contributed by atoms with Gasteiger partial charge in [-0.2, -0.15) is 4.99 Å². The molecule has 0 saturated heterocycles. The van der Waals surface area contributed by atoms with E-state index in [2.05, 4.69) is 9.98 Å². The second-order valence-electron chi connectivity index (χ2n) is 4.19. The van der Waals surface area contributed by atoms with Gasteiger partial charge in [0.1, 0.15) is 5.84 Å². The average molecular weight is 376 g/mol. The van der Waals surface area contributed by atoms with Gasteiger partial charge < -0.3 is 11.5 Å². The van der Waals surface area contributed by atoms with Crippen LogP contribution >= 0.6 is 46.4 Å². The van der Waals surface area contributed by atoms with Crippen molar-refractivity contribution < 1.29 is 0 Å². The number of hydrogen-bond donors (Lipinski definition) is 2. The molecular weight excluding hydrogens is 366 g/mol. The SMILES string of the molecule is NC(=Nc1ccc(Cl)cc1)N=C(N)c1c(Cl)cc(Cl)cc1Cl. The highest BCUT2D eigenvalue weighted by atomic mass is 35.5. The van der Waals surface area contributed by atoms with Gasteiger partial charge in [-0.05, 0) is 36.4 Å². The van der Waals surface area contributed by atoms with Crippen molar-refractivity contribution in [2.45, 2.75) is 0 Å². The van der Waals surface area contributed by atoms with Crippen molar-refractivity contribution in [3.63, 3.8) is 0 Å². The Bertz CT molecular complexity index is 731. The molecule has 4 N–H and O–H groups in total. The normalized spacial score (nSPS) is 12.5. The van der Waals surface area contributed by atoms with Crippen molar-refractivity contribution in [2.75, 3.05) is 0 Å².